The van der Waals surface area contributed by atoms with E-state index < -0.39 is 48.5 Å². The SMILES string of the molecule is Cc1ccc(Br)c(C(=O)N2CC(F)(F)C[C@@H](C)C2CNc2ncc(C(F)(F)F)cn2)c1. The summed E-state index contributed by atoms with van der Waals surface area (Å²) in [5, 5.41) is 2.77. The molecule has 0 radical (unpaired) electrons. The average molecular weight is 507 g/mol. The van der Waals surface area contributed by atoms with E-state index in [0.29, 0.717) is 16.9 Å². The predicted molar refractivity (Wildman–Crippen MR) is 108 cm³/mol. The largest absolute Gasteiger partial charge is 0.419 e. The molecule has 11 heteroatoms. The minimum atomic E-state index is -4.56. The Labute approximate surface area is 184 Å². The lowest BCUT2D eigenvalue weighted by Crippen LogP contribution is -2.57. The van der Waals surface area contributed by atoms with Crippen LogP contribution in [0.15, 0.2) is 35.1 Å². The third-order valence-electron chi connectivity index (χ3n) is 5.14. The summed E-state index contributed by atoms with van der Waals surface area (Å²) in [5.41, 5.74) is 0.0710. The summed E-state index contributed by atoms with van der Waals surface area (Å²) in [6.07, 6.45) is -3.69. The molecule has 2 heterocycles. The van der Waals surface area contributed by atoms with Crippen molar-refractivity contribution in [2.75, 3.05) is 18.4 Å². The van der Waals surface area contributed by atoms with Crippen molar-refractivity contribution in [1.82, 2.24) is 14.9 Å². The van der Waals surface area contributed by atoms with Gasteiger partial charge in [0.05, 0.1) is 23.7 Å². The molecule has 31 heavy (non-hydrogen) atoms. The summed E-state index contributed by atoms with van der Waals surface area (Å²) in [6, 6.07) is 4.45. The molecule has 1 aromatic carbocycles. The van der Waals surface area contributed by atoms with E-state index in [9.17, 15) is 26.7 Å². The van der Waals surface area contributed by atoms with Crippen LogP contribution in [0.25, 0.3) is 0 Å². The number of carbonyl (C=O) groups excluding carboxylic acids is 1. The first-order chi connectivity index (χ1) is 14.4. The van der Waals surface area contributed by atoms with Crippen molar-refractivity contribution in [3.05, 3.63) is 51.8 Å². The monoisotopic (exact) mass is 506 g/mol. The van der Waals surface area contributed by atoms with E-state index in [0.717, 1.165) is 10.5 Å². The quantitative estimate of drug-likeness (QED) is 0.581. The zero-order chi connectivity index (χ0) is 23.0. The number of carbonyl (C=O) groups is 1. The first-order valence-corrected chi connectivity index (χ1v) is 10.2. The van der Waals surface area contributed by atoms with Crippen molar-refractivity contribution in [1.29, 1.82) is 0 Å². The Morgan fingerprint density at radius 3 is 2.55 bits per heavy atom. The van der Waals surface area contributed by atoms with Crippen LogP contribution in [0.4, 0.5) is 27.9 Å². The molecule has 5 nitrogen and oxygen atoms in total. The molecule has 1 aliphatic heterocycles. The van der Waals surface area contributed by atoms with Crippen LogP contribution >= 0.6 is 15.9 Å². The summed E-state index contributed by atoms with van der Waals surface area (Å²) in [4.78, 5) is 21.5. The highest BCUT2D eigenvalue weighted by Crippen LogP contribution is 2.36. The lowest BCUT2D eigenvalue weighted by atomic mass is 9.88. The number of aryl methyl sites for hydroxylation is 1. The molecule has 0 aliphatic carbocycles. The van der Waals surface area contributed by atoms with E-state index in [1.54, 1.807) is 32.0 Å². The predicted octanol–water partition coefficient (Wildman–Crippen LogP) is 5.16. The lowest BCUT2D eigenvalue weighted by Gasteiger charge is -2.43. The summed E-state index contributed by atoms with van der Waals surface area (Å²) in [6.45, 7) is 2.66. The standard InChI is InChI=1S/C20H20BrF5N4O/c1-11-3-4-15(21)14(5-11)17(31)30-10-19(22,23)6-12(2)16(30)9-29-18-27-7-13(8-28-18)20(24,25)26/h3-5,7-8,12,16H,6,9-10H2,1-2H3,(H,27,28,29)/t12-,16?/m1/s1. The van der Waals surface area contributed by atoms with Gasteiger partial charge in [0.2, 0.25) is 5.95 Å². The van der Waals surface area contributed by atoms with Crippen LogP contribution in [0.5, 0.6) is 0 Å². The van der Waals surface area contributed by atoms with Gasteiger partial charge in [0.15, 0.2) is 0 Å². The maximum Gasteiger partial charge on any atom is 0.419 e. The number of piperidine rings is 1. The van der Waals surface area contributed by atoms with Crippen LogP contribution in [-0.2, 0) is 6.18 Å². The molecule has 168 valence electrons. The van der Waals surface area contributed by atoms with Gasteiger partial charge in [-0.1, -0.05) is 18.6 Å². The van der Waals surface area contributed by atoms with Gasteiger partial charge in [-0.05, 0) is 40.9 Å². The van der Waals surface area contributed by atoms with E-state index >= 15 is 0 Å². The number of anilines is 1. The lowest BCUT2D eigenvalue weighted by molar-refractivity contribution is -0.138. The summed E-state index contributed by atoms with van der Waals surface area (Å²) in [5.74, 6) is -4.26. The molecular formula is C20H20BrF5N4O. The molecule has 1 saturated heterocycles. The van der Waals surface area contributed by atoms with Crippen LogP contribution in [0.3, 0.4) is 0 Å². The zero-order valence-corrected chi connectivity index (χ0v) is 18.3. The maximum absolute atomic E-state index is 14.3. The van der Waals surface area contributed by atoms with Gasteiger partial charge < -0.3 is 10.2 Å². The topological polar surface area (TPSA) is 58.1 Å². The highest BCUT2D eigenvalue weighted by molar-refractivity contribution is 9.10. The molecule has 1 unspecified atom stereocenters. The average Bonchev–Trinajstić information content (AvgIpc) is 2.67. The maximum atomic E-state index is 14.3. The van der Waals surface area contributed by atoms with Gasteiger partial charge in [-0.2, -0.15) is 13.2 Å². The molecule has 1 aromatic heterocycles. The van der Waals surface area contributed by atoms with Crippen molar-refractivity contribution >= 4 is 27.8 Å². The fraction of sp³-hybridized carbons (Fsp3) is 0.450. The number of aromatic nitrogens is 2. The number of likely N-dealkylation sites (tertiary alicyclic amines) is 1. The van der Waals surface area contributed by atoms with Crippen LogP contribution in [-0.4, -0.2) is 45.8 Å². The number of nitrogens with zero attached hydrogens (tertiary/aromatic N) is 3. The molecule has 1 aliphatic rings. The first-order valence-electron chi connectivity index (χ1n) is 9.45. The Kier molecular flexibility index (Phi) is 6.54. The van der Waals surface area contributed by atoms with Gasteiger partial charge in [0.25, 0.3) is 11.8 Å². The number of amides is 1. The van der Waals surface area contributed by atoms with E-state index in [2.05, 4.69) is 31.2 Å². The van der Waals surface area contributed by atoms with Gasteiger partial charge in [0, 0.05) is 29.8 Å². The number of benzene rings is 1. The minimum absolute atomic E-state index is 0.0117. The number of rotatable bonds is 4. The second-order valence-corrected chi connectivity index (χ2v) is 8.55. The number of alkyl halides is 5. The third kappa shape index (κ3) is 5.50. The molecule has 1 fully saturated rings. The highest BCUT2D eigenvalue weighted by atomic mass is 79.9. The van der Waals surface area contributed by atoms with Crippen molar-refractivity contribution in [2.24, 2.45) is 5.92 Å². The number of nitrogens with one attached hydrogen (secondary N) is 1. The Morgan fingerprint density at radius 1 is 1.29 bits per heavy atom. The summed E-state index contributed by atoms with van der Waals surface area (Å²) in [7, 11) is 0. The Balaban J connectivity index is 1.82. The Hall–Kier alpha value is -2.30. The molecule has 1 N–H and O–H groups in total. The number of hydrogen-bond donors (Lipinski definition) is 1. The van der Waals surface area contributed by atoms with Crippen LogP contribution in [0, 0.1) is 12.8 Å². The van der Waals surface area contributed by atoms with Crippen LogP contribution < -0.4 is 5.32 Å². The summed E-state index contributed by atoms with van der Waals surface area (Å²) < 4.78 is 67.1. The fourth-order valence-electron chi connectivity index (χ4n) is 3.60. The van der Waals surface area contributed by atoms with E-state index in [4.69, 9.17) is 0 Å². The zero-order valence-electron chi connectivity index (χ0n) is 16.7. The van der Waals surface area contributed by atoms with Gasteiger partial charge in [-0.25, -0.2) is 18.7 Å². The van der Waals surface area contributed by atoms with Crippen LogP contribution in [0.2, 0.25) is 0 Å². The van der Waals surface area contributed by atoms with Crippen molar-refractivity contribution in [3.8, 4) is 0 Å². The van der Waals surface area contributed by atoms with Crippen LogP contribution in [0.1, 0.15) is 34.8 Å². The molecule has 3 rings (SSSR count). The van der Waals surface area contributed by atoms with Gasteiger partial charge in [0.1, 0.15) is 0 Å². The molecule has 0 bridgehead atoms. The summed E-state index contributed by atoms with van der Waals surface area (Å²) >= 11 is 3.30. The molecule has 1 amide bonds. The number of hydrogen-bond acceptors (Lipinski definition) is 4. The smallest absolute Gasteiger partial charge is 0.352 e. The van der Waals surface area contributed by atoms with Gasteiger partial charge in [-0.3, -0.25) is 4.79 Å². The molecule has 2 atom stereocenters. The Bertz CT molecular complexity index is 952. The molecular weight excluding hydrogens is 487 g/mol. The fourth-order valence-corrected chi connectivity index (χ4v) is 4.01. The second-order valence-electron chi connectivity index (χ2n) is 7.70. The first kappa shape index (κ1) is 23.4. The van der Waals surface area contributed by atoms with E-state index in [1.807, 2.05) is 0 Å². The third-order valence-corrected chi connectivity index (χ3v) is 5.83. The van der Waals surface area contributed by atoms with Crippen molar-refractivity contribution < 1.29 is 26.7 Å². The second kappa shape index (κ2) is 8.68. The van der Waals surface area contributed by atoms with Gasteiger partial charge in [-0.15, -0.1) is 0 Å². The molecule has 0 saturated carbocycles. The number of halogens is 6. The van der Waals surface area contributed by atoms with Crippen molar-refractivity contribution in [3.63, 3.8) is 0 Å². The van der Waals surface area contributed by atoms with Gasteiger partial charge >= 0.3 is 6.18 Å². The van der Waals surface area contributed by atoms with Crippen molar-refractivity contribution in [2.45, 2.75) is 38.4 Å². The molecule has 0 spiro atoms. The van der Waals surface area contributed by atoms with E-state index in [1.165, 1.54) is 0 Å². The molecule has 2 aromatic rings. The highest BCUT2D eigenvalue weighted by Gasteiger charge is 2.46. The Morgan fingerprint density at radius 2 is 1.94 bits per heavy atom. The normalized spacial score (nSPS) is 21.1. The van der Waals surface area contributed by atoms with E-state index in [-0.39, 0.29) is 18.1 Å². The minimum Gasteiger partial charge on any atom is -0.352 e.